The van der Waals surface area contributed by atoms with Gasteiger partial charge in [-0.25, -0.2) is 4.79 Å². The van der Waals surface area contributed by atoms with Crippen LogP contribution in [0.4, 0.5) is 0 Å². The number of aromatic nitrogens is 2. The minimum Gasteiger partial charge on any atom is -0.478 e. The molecule has 0 bridgehead atoms. The van der Waals surface area contributed by atoms with Gasteiger partial charge >= 0.3 is 5.97 Å². The number of carboxylic acids is 1. The predicted molar refractivity (Wildman–Crippen MR) is 136 cm³/mol. The van der Waals surface area contributed by atoms with Crippen LogP contribution in [0.2, 0.25) is 0 Å². The number of benzene rings is 3. The third-order valence-electron chi connectivity index (χ3n) is 5.93. The van der Waals surface area contributed by atoms with Gasteiger partial charge in [0.2, 0.25) is 0 Å². The Hall–Kier alpha value is -3.61. The van der Waals surface area contributed by atoms with E-state index in [0.717, 1.165) is 22.3 Å². The van der Waals surface area contributed by atoms with Crippen molar-refractivity contribution in [1.82, 2.24) is 9.55 Å². The SMILES string of the molecule is O=C(O)c1cccc(Cn2cc(C3c4ccccc4C=Cc4ccccc43)c(=S)[nH]c2=S)c1. The van der Waals surface area contributed by atoms with Gasteiger partial charge in [-0.05, 0) is 52.2 Å². The summed E-state index contributed by atoms with van der Waals surface area (Å²) < 4.78 is 3.02. The summed E-state index contributed by atoms with van der Waals surface area (Å²) in [4.78, 5) is 14.6. The zero-order chi connectivity index (χ0) is 22.9. The summed E-state index contributed by atoms with van der Waals surface area (Å²) in [5, 5.41) is 9.34. The standard InChI is InChI=1S/C27H20N2O2S2/c30-26(31)20-9-5-6-17(14-20)15-29-16-23(25(32)28-27(29)33)24-21-10-3-1-7-18(21)12-13-19-8-2-4-11-22(19)24/h1-14,16,24H,15H2,(H,30,31)(H,28,32,33). The molecule has 0 saturated carbocycles. The summed E-state index contributed by atoms with van der Waals surface area (Å²) in [5.74, 6) is -1.02. The third kappa shape index (κ3) is 4.11. The van der Waals surface area contributed by atoms with Crippen molar-refractivity contribution < 1.29 is 9.90 Å². The molecule has 0 radical (unpaired) electrons. The smallest absolute Gasteiger partial charge is 0.335 e. The molecule has 1 heterocycles. The first-order valence-corrected chi connectivity index (χ1v) is 11.3. The Labute approximate surface area is 201 Å². The highest BCUT2D eigenvalue weighted by Gasteiger charge is 2.24. The number of carbonyl (C=O) groups is 1. The van der Waals surface area contributed by atoms with E-state index >= 15 is 0 Å². The van der Waals surface area contributed by atoms with Crippen molar-refractivity contribution in [3.8, 4) is 0 Å². The lowest BCUT2D eigenvalue weighted by atomic mass is 9.83. The van der Waals surface area contributed by atoms with Crippen molar-refractivity contribution in [2.75, 3.05) is 0 Å². The average molecular weight is 469 g/mol. The molecule has 3 aromatic carbocycles. The molecule has 4 nitrogen and oxygen atoms in total. The fraction of sp³-hybridized carbons (Fsp3) is 0.0741. The first-order chi connectivity index (χ1) is 16.0. The van der Waals surface area contributed by atoms with E-state index in [2.05, 4.69) is 41.4 Å². The molecule has 1 aliphatic carbocycles. The van der Waals surface area contributed by atoms with E-state index < -0.39 is 5.97 Å². The van der Waals surface area contributed by atoms with Crippen LogP contribution in [0.1, 0.15) is 49.7 Å². The van der Waals surface area contributed by atoms with Gasteiger partial charge < -0.3 is 14.7 Å². The van der Waals surface area contributed by atoms with Gasteiger partial charge in [-0.2, -0.15) is 0 Å². The van der Waals surface area contributed by atoms with E-state index in [1.54, 1.807) is 18.2 Å². The van der Waals surface area contributed by atoms with Crippen molar-refractivity contribution in [3.05, 3.63) is 127 Å². The molecule has 0 amide bonds. The molecule has 2 N–H and O–H groups in total. The van der Waals surface area contributed by atoms with Gasteiger partial charge in [0.25, 0.3) is 0 Å². The van der Waals surface area contributed by atoms with Gasteiger partial charge in [-0.15, -0.1) is 0 Å². The second kappa shape index (κ2) is 8.73. The Morgan fingerprint density at radius 3 is 2.15 bits per heavy atom. The molecule has 0 unspecified atom stereocenters. The molecule has 0 fully saturated rings. The van der Waals surface area contributed by atoms with Crippen LogP contribution in [0.5, 0.6) is 0 Å². The monoisotopic (exact) mass is 468 g/mol. The minimum absolute atomic E-state index is 0.0663. The van der Waals surface area contributed by atoms with Crippen LogP contribution < -0.4 is 0 Å². The Kier molecular flexibility index (Phi) is 5.62. The van der Waals surface area contributed by atoms with Gasteiger partial charge in [-0.3, -0.25) is 0 Å². The van der Waals surface area contributed by atoms with Crippen molar-refractivity contribution in [1.29, 1.82) is 0 Å². The molecule has 5 rings (SSSR count). The summed E-state index contributed by atoms with van der Waals surface area (Å²) in [6.45, 7) is 0.438. The number of hydrogen-bond donors (Lipinski definition) is 2. The van der Waals surface area contributed by atoms with Crippen molar-refractivity contribution in [3.63, 3.8) is 0 Å². The first kappa shape index (κ1) is 21.2. The van der Waals surface area contributed by atoms with E-state index in [-0.39, 0.29) is 11.5 Å². The number of nitrogens with zero attached hydrogens (tertiary/aromatic N) is 1. The van der Waals surface area contributed by atoms with Gasteiger partial charge in [-0.1, -0.05) is 85.0 Å². The van der Waals surface area contributed by atoms with Crippen molar-refractivity contribution >= 4 is 42.6 Å². The predicted octanol–water partition coefficient (Wildman–Crippen LogP) is 6.69. The maximum Gasteiger partial charge on any atom is 0.335 e. The van der Waals surface area contributed by atoms with Crippen LogP contribution in [0.3, 0.4) is 0 Å². The lowest BCUT2D eigenvalue weighted by molar-refractivity contribution is 0.0696. The van der Waals surface area contributed by atoms with E-state index in [1.165, 1.54) is 11.1 Å². The maximum absolute atomic E-state index is 11.4. The Morgan fingerprint density at radius 1 is 0.879 bits per heavy atom. The van der Waals surface area contributed by atoms with Crippen LogP contribution in [-0.4, -0.2) is 20.6 Å². The Morgan fingerprint density at radius 2 is 1.52 bits per heavy atom. The molecule has 0 aliphatic heterocycles. The van der Waals surface area contributed by atoms with Crippen LogP contribution in [0.15, 0.2) is 79.0 Å². The summed E-state index contributed by atoms with van der Waals surface area (Å²) in [6.07, 6.45) is 6.31. The topological polar surface area (TPSA) is 58.0 Å². The largest absolute Gasteiger partial charge is 0.478 e. The fourth-order valence-electron chi connectivity index (χ4n) is 4.38. The van der Waals surface area contributed by atoms with Crippen molar-refractivity contribution in [2.24, 2.45) is 0 Å². The molecule has 4 aromatic rings. The number of nitrogens with one attached hydrogen (secondary N) is 1. The van der Waals surface area contributed by atoms with Gasteiger partial charge in [0.05, 0.1) is 5.56 Å². The zero-order valence-electron chi connectivity index (χ0n) is 17.6. The molecule has 1 aromatic heterocycles. The van der Waals surface area contributed by atoms with Gasteiger partial charge in [0, 0.05) is 24.2 Å². The quantitative estimate of drug-likeness (QED) is 0.289. The van der Waals surface area contributed by atoms with Crippen molar-refractivity contribution in [2.45, 2.75) is 12.5 Å². The minimum atomic E-state index is -0.951. The number of H-pyrrole nitrogens is 1. The van der Waals surface area contributed by atoms with E-state index in [0.29, 0.717) is 16.0 Å². The molecular formula is C27H20N2O2S2. The second-order valence-corrected chi connectivity index (χ2v) is 8.80. The summed E-state index contributed by atoms with van der Waals surface area (Å²) >= 11 is 11.3. The number of aromatic amines is 1. The summed E-state index contributed by atoms with van der Waals surface area (Å²) in [6, 6.07) is 23.6. The van der Waals surface area contributed by atoms with Crippen LogP contribution in [-0.2, 0) is 6.54 Å². The number of aromatic carboxylic acids is 1. The van der Waals surface area contributed by atoms with Gasteiger partial charge in [0.1, 0.15) is 4.64 Å². The molecule has 1 aliphatic rings. The highest BCUT2D eigenvalue weighted by molar-refractivity contribution is 7.72. The number of hydrogen-bond acceptors (Lipinski definition) is 3. The Balaban J connectivity index is 1.67. The molecule has 162 valence electrons. The van der Waals surface area contributed by atoms with E-state index in [1.807, 2.05) is 41.1 Å². The molecule has 0 saturated heterocycles. The fourth-order valence-corrected chi connectivity index (χ4v) is 4.93. The highest BCUT2D eigenvalue weighted by atomic mass is 32.1. The zero-order valence-corrected chi connectivity index (χ0v) is 19.2. The average Bonchev–Trinajstić information content (AvgIpc) is 2.98. The van der Waals surface area contributed by atoms with Crippen LogP contribution in [0.25, 0.3) is 12.2 Å². The molecule has 0 spiro atoms. The lowest BCUT2D eigenvalue weighted by Gasteiger charge is -2.22. The van der Waals surface area contributed by atoms with Crippen LogP contribution in [0, 0.1) is 9.41 Å². The normalized spacial score (nSPS) is 12.6. The molecule has 0 atom stereocenters. The Bertz CT molecular complexity index is 1480. The number of carboxylic acid groups (broad SMARTS) is 1. The highest BCUT2D eigenvalue weighted by Crippen LogP contribution is 2.39. The molecule has 6 heteroatoms. The molecule has 33 heavy (non-hydrogen) atoms. The van der Waals surface area contributed by atoms with E-state index in [9.17, 15) is 9.90 Å². The number of rotatable bonds is 4. The summed E-state index contributed by atoms with van der Waals surface area (Å²) in [5.41, 5.74) is 6.71. The maximum atomic E-state index is 11.4. The van der Waals surface area contributed by atoms with Crippen LogP contribution >= 0.6 is 24.4 Å². The summed E-state index contributed by atoms with van der Waals surface area (Å²) in [7, 11) is 0. The number of fused-ring (bicyclic) bond motifs is 2. The first-order valence-electron chi connectivity index (χ1n) is 10.5. The van der Waals surface area contributed by atoms with Gasteiger partial charge in [0.15, 0.2) is 4.77 Å². The second-order valence-electron chi connectivity index (χ2n) is 8.00. The lowest BCUT2D eigenvalue weighted by Crippen LogP contribution is -2.12. The third-order valence-corrected chi connectivity index (χ3v) is 6.61. The molecular weight excluding hydrogens is 448 g/mol. The van der Waals surface area contributed by atoms with E-state index in [4.69, 9.17) is 24.4 Å².